The van der Waals surface area contributed by atoms with E-state index < -0.39 is 6.10 Å². The molecule has 0 saturated heterocycles. The topological polar surface area (TPSA) is 38.3 Å². The Balaban J connectivity index is 2.64. The second kappa shape index (κ2) is 6.28. The van der Waals surface area contributed by atoms with Gasteiger partial charge in [0.25, 0.3) is 5.91 Å². The molecule has 3 nitrogen and oxygen atoms in total. The molecule has 0 spiro atoms. The van der Waals surface area contributed by atoms with Gasteiger partial charge >= 0.3 is 0 Å². The van der Waals surface area contributed by atoms with Gasteiger partial charge in [0.2, 0.25) is 0 Å². The summed E-state index contributed by atoms with van der Waals surface area (Å²) in [5.74, 6) is 0.719. The van der Waals surface area contributed by atoms with Crippen molar-refractivity contribution in [1.82, 2.24) is 5.32 Å². The van der Waals surface area contributed by atoms with Gasteiger partial charge in [-0.05, 0) is 44.4 Å². The Morgan fingerprint density at radius 3 is 2.76 bits per heavy atom. The van der Waals surface area contributed by atoms with Crippen molar-refractivity contribution in [2.24, 2.45) is 0 Å². The van der Waals surface area contributed by atoms with E-state index in [2.05, 4.69) is 5.32 Å². The average Bonchev–Trinajstić information content (AvgIpc) is 2.31. The monoisotopic (exact) mass is 235 g/mol. The SMILES string of the molecule is CCCNC(=O)[C@@H](C)Oc1cccc(C)c1C. The van der Waals surface area contributed by atoms with Crippen LogP contribution in [0.2, 0.25) is 0 Å². The number of carbonyl (C=O) groups is 1. The minimum absolute atomic E-state index is 0.0623. The van der Waals surface area contributed by atoms with Crippen LogP contribution in [-0.2, 0) is 4.79 Å². The first-order valence-electron chi connectivity index (χ1n) is 6.06. The average molecular weight is 235 g/mol. The maximum atomic E-state index is 11.7. The summed E-state index contributed by atoms with van der Waals surface area (Å²) in [6.07, 6.45) is 0.476. The first kappa shape index (κ1) is 13.6. The number of nitrogens with one attached hydrogen (secondary N) is 1. The number of benzene rings is 1. The van der Waals surface area contributed by atoms with Crippen molar-refractivity contribution in [2.45, 2.75) is 40.2 Å². The van der Waals surface area contributed by atoms with Crippen LogP contribution in [0.1, 0.15) is 31.4 Å². The van der Waals surface area contributed by atoms with E-state index in [4.69, 9.17) is 4.74 Å². The van der Waals surface area contributed by atoms with Crippen LogP contribution in [0.15, 0.2) is 18.2 Å². The summed E-state index contributed by atoms with van der Waals surface area (Å²) in [7, 11) is 0. The fourth-order valence-corrected chi connectivity index (χ4v) is 1.49. The third-order valence-electron chi connectivity index (χ3n) is 2.78. The van der Waals surface area contributed by atoms with E-state index in [0.717, 1.165) is 17.7 Å². The molecule has 1 amide bonds. The third-order valence-corrected chi connectivity index (χ3v) is 2.78. The Kier molecular flexibility index (Phi) is 5.01. The van der Waals surface area contributed by atoms with E-state index in [1.165, 1.54) is 5.56 Å². The lowest BCUT2D eigenvalue weighted by Crippen LogP contribution is -2.36. The molecular formula is C14H21NO2. The van der Waals surface area contributed by atoms with Crippen LogP contribution in [0, 0.1) is 13.8 Å². The molecule has 1 aromatic rings. The minimum Gasteiger partial charge on any atom is -0.481 e. The number of hydrogen-bond acceptors (Lipinski definition) is 2. The zero-order valence-electron chi connectivity index (χ0n) is 11.0. The van der Waals surface area contributed by atoms with Crippen molar-refractivity contribution in [1.29, 1.82) is 0 Å². The van der Waals surface area contributed by atoms with Gasteiger partial charge in [-0.25, -0.2) is 0 Å². The van der Waals surface area contributed by atoms with Crippen molar-refractivity contribution in [2.75, 3.05) is 6.54 Å². The lowest BCUT2D eigenvalue weighted by atomic mass is 10.1. The Morgan fingerprint density at radius 1 is 1.41 bits per heavy atom. The predicted octanol–water partition coefficient (Wildman–Crippen LogP) is 2.60. The van der Waals surface area contributed by atoms with Crippen LogP contribution in [0.3, 0.4) is 0 Å². The molecule has 0 aliphatic rings. The fourth-order valence-electron chi connectivity index (χ4n) is 1.49. The summed E-state index contributed by atoms with van der Waals surface area (Å²) in [6.45, 7) is 8.52. The normalized spacial score (nSPS) is 12.0. The smallest absolute Gasteiger partial charge is 0.260 e. The molecule has 0 fully saturated rings. The Morgan fingerprint density at radius 2 is 2.12 bits per heavy atom. The van der Waals surface area contributed by atoms with Gasteiger partial charge in [-0.15, -0.1) is 0 Å². The molecule has 1 atom stereocenters. The van der Waals surface area contributed by atoms with E-state index in [0.29, 0.717) is 6.54 Å². The maximum absolute atomic E-state index is 11.7. The summed E-state index contributed by atoms with van der Waals surface area (Å²) in [4.78, 5) is 11.7. The molecule has 1 aromatic carbocycles. The van der Waals surface area contributed by atoms with E-state index in [1.807, 2.05) is 39.0 Å². The molecule has 0 aromatic heterocycles. The molecule has 0 heterocycles. The Labute approximate surface area is 103 Å². The van der Waals surface area contributed by atoms with Crippen LogP contribution in [0.4, 0.5) is 0 Å². The quantitative estimate of drug-likeness (QED) is 0.852. The molecule has 0 unspecified atom stereocenters. The molecule has 0 radical (unpaired) electrons. The summed E-state index contributed by atoms with van der Waals surface area (Å²) >= 11 is 0. The molecule has 3 heteroatoms. The highest BCUT2D eigenvalue weighted by Gasteiger charge is 2.14. The van der Waals surface area contributed by atoms with Crippen molar-refractivity contribution < 1.29 is 9.53 Å². The second-order valence-corrected chi connectivity index (χ2v) is 4.25. The van der Waals surface area contributed by atoms with Crippen LogP contribution >= 0.6 is 0 Å². The van der Waals surface area contributed by atoms with Gasteiger partial charge in [-0.2, -0.15) is 0 Å². The highest BCUT2D eigenvalue weighted by Crippen LogP contribution is 2.21. The highest BCUT2D eigenvalue weighted by atomic mass is 16.5. The number of ether oxygens (including phenoxy) is 1. The van der Waals surface area contributed by atoms with E-state index in [9.17, 15) is 4.79 Å². The number of hydrogen-bond donors (Lipinski definition) is 1. The minimum atomic E-state index is -0.456. The lowest BCUT2D eigenvalue weighted by Gasteiger charge is -2.16. The third kappa shape index (κ3) is 3.77. The van der Waals surface area contributed by atoms with Crippen LogP contribution in [-0.4, -0.2) is 18.6 Å². The molecule has 0 bridgehead atoms. The van der Waals surface area contributed by atoms with Gasteiger partial charge in [0.1, 0.15) is 5.75 Å². The van der Waals surface area contributed by atoms with Gasteiger partial charge in [-0.1, -0.05) is 19.1 Å². The van der Waals surface area contributed by atoms with E-state index in [1.54, 1.807) is 6.92 Å². The first-order valence-corrected chi connectivity index (χ1v) is 6.06. The first-order chi connectivity index (χ1) is 8.06. The maximum Gasteiger partial charge on any atom is 0.260 e. The van der Waals surface area contributed by atoms with E-state index >= 15 is 0 Å². The summed E-state index contributed by atoms with van der Waals surface area (Å²) in [5, 5.41) is 2.82. The lowest BCUT2D eigenvalue weighted by molar-refractivity contribution is -0.127. The molecular weight excluding hydrogens is 214 g/mol. The second-order valence-electron chi connectivity index (χ2n) is 4.25. The molecule has 17 heavy (non-hydrogen) atoms. The molecule has 0 aliphatic carbocycles. The van der Waals surface area contributed by atoms with Gasteiger partial charge in [0, 0.05) is 6.54 Å². The van der Waals surface area contributed by atoms with Crippen LogP contribution in [0.5, 0.6) is 5.75 Å². The Hall–Kier alpha value is -1.51. The highest BCUT2D eigenvalue weighted by molar-refractivity contribution is 5.80. The largest absolute Gasteiger partial charge is 0.481 e. The summed E-state index contributed by atoms with van der Waals surface area (Å²) in [5.41, 5.74) is 2.26. The number of rotatable bonds is 5. The fraction of sp³-hybridized carbons (Fsp3) is 0.500. The molecule has 1 rings (SSSR count). The van der Waals surface area contributed by atoms with Crippen molar-refractivity contribution >= 4 is 5.91 Å². The van der Waals surface area contributed by atoms with Crippen LogP contribution in [0.25, 0.3) is 0 Å². The zero-order valence-corrected chi connectivity index (χ0v) is 11.0. The number of amides is 1. The predicted molar refractivity (Wildman–Crippen MR) is 69.3 cm³/mol. The standard InChI is InChI=1S/C14H21NO2/c1-5-9-15-14(16)12(4)17-13-8-6-7-10(2)11(13)3/h6-8,12H,5,9H2,1-4H3,(H,15,16)/t12-/m1/s1. The molecule has 1 N–H and O–H groups in total. The van der Waals surface area contributed by atoms with Gasteiger partial charge < -0.3 is 10.1 Å². The van der Waals surface area contributed by atoms with Gasteiger partial charge in [0.05, 0.1) is 0 Å². The summed E-state index contributed by atoms with van der Waals surface area (Å²) in [6, 6.07) is 5.87. The molecule has 0 saturated carbocycles. The van der Waals surface area contributed by atoms with Crippen molar-refractivity contribution in [3.8, 4) is 5.75 Å². The number of aryl methyl sites for hydroxylation is 1. The van der Waals surface area contributed by atoms with Crippen molar-refractivity contribution in [3.05, 3.63) is 29.3 Å². The van der Waals surface area contributed by atoms with Gasteiger partial charge in [0.15, 0.2) is 6.10 Å². The van der Waals surface area contributed by atoms with Gasteiger partial charge in [-0.3, -0.25) is 4.79 Å². The molecule has 94 valence electrons. The Bertz CT molecular complexity index is 388. The van der Waals surface area contributed by atoms with E-state index in [-0.39, 0.29) is 5.91 Å². The number of carbonyl (C=O) groups excluding carboxylic acids is 1. The molecule has 0 aliphatic heterocycles. The van der Waals surface area contributed by atoms with Crippen molar-refractivity contribution in [3.63, 3.8) is 0 Å². The summed E-state index contributed by atoms with van der Waals surface area (Å²) < 4.78 is 5.67. The van der Waals surface area contributed by atoms with Crippen LogP contribution < -0.4 is 10.1 Å². The zero-order chi connectivity index (χ0) is 12.8.